The smallest absolute Gasteiger partial charge is 0.129 e. The molecule has 0 radical (unpaired) electrons. The van der Waals surface area contributed by atoms with E-state index in [-0.39, 0.29) is 12.3 Å². The summed E-state index contributed by atoms with van der Waals surface area (Å²) in [6.07, 6.45) is 5.61. The molecule has 3 atom stereocenters. The minimum atomic E-state index is -0.990. The number of carboxylic acid groups (broad SMARTS) is 1. The third kappa shape index (κ3) is 6.04. The van der Waals surface area contributed by atoms with E-state index in [1.54, 1.807) is 0 Å². The van der Waals surface area contributed by atoms with Gasteiger partial charge in [0.05, 0.1) is 38.1 Å². The lowest BCUT2D eigenvalue weighted by Crippen LogP contribution is -2.45. The number of likely N-dealkylation sites (N-methyl/N-ethyl adjacent to an activating group) is 1. The molecule has 1 fully saturated rings. The summed E-state index contributed by atoms with van der Waals surface area (Å²) in [6.45, 7) is 7.98. The highest BCUT2D eigenvalue weighted by Gasteiger charge is 2.36. The molecule has 0 aliphatic carbocycles. The molecule has 2 aliphatic rings. The first kappa shape index (κ1) is 25.5. The second kappa shape index (κ2) is 10.7. The standard InChI is InChI=1S/C30H39N5O2/c1-21-16-22(2)34(33-21)28-8-4-6-25(17-28)26(18-29(36)37)20-35(3)15-13-23(19-35)9-11-27-12-10-24-7-5-14-31-30(24)32-27/h4,6,8,10,12,16-17,23,26H,5,7,9,11,13-15,18-20H2,1-3H3,(H-,31,32,36,37). The number of quaternary nitrogens is 1. The Morgan fingerprint density at radius 2 is 2.11 bits per heavy atom. The van der Waals surface area contributed by atoms with Crippen molar-refractivity contribution in [2.75, 3.05) is 38.5 Å². The van der Waals surface area contributed by atoms with Gasteiger partial charge in [-0.2, -0.15) is 5.10 Å². The first-order chi connectivity index (χ1) is 17.8. The second-order valence-corrected chi connectivity index (χ2v) is 11.4. The van der Waals surface area contributed by atoms with Crippen molar-refractivity contribution >= 4 is 11.8 Å². The van der Waals surface area contributed by atoms with E-state index in [0.717, 1.165) is 78.4 Å². The van der Waals surface area contributed by atoms with Crippen LogP contribution < -0.4 is 10.4 Å². The number of benzene rings is 1. The lowest BCUT2D eigenvalue weighted by molar-refractivity contribution is -0.900. The van der Waals surface area contributed by atoms with Crippen molar-refractivity contribution in [2.24, 2.45) is 5.92 Å². The quantitative estimate of drug-likeness (QED) is 0.454. The van der Waals surface area contributed by atoms with Gasteiger partial charge in [0.2, 0.25) is 0 Å². The van der Waals surface area contributed by atoms with E-state index in [4.69, 9.17) is 4.98 Å². The van der Waals surface area contributed by atoms with Gasteiger partial charge in [0, 0.05) is 42.2 Å². The van der Waals surface area contributed by atoms with E-state index in [1.807, 2.05) is 30.7 Å². The number of rotatable bonds is 9. The first-order valence-corrected chi connectivity index (χ1v) is 13.7. The zero-order chi connectivity index (χ0) is 26.0. The van der Waals surface area contributed by atoms with E-state index >= 15 is 0 Å². The monoisotopic (exact) mass is 501 g/mol. The van der Waals surface area contributed by atoms with Gasteiger partial charge < -0.3 is 19.7 Å². The third-order valence-corrected chi connectivity index (χ3v) is 8.21. The number of anilines is 1. The number of hydrogen-bond donors (Lipinski definition) is 1. The van der Waals surface area contributed by atoms with Gasteiger partial charge in [-0.1, -0.05) is 18.2 Å². The van der Waals surface area contributed by atoms with Crippen LogP contribution in [0.25, 0.3) is 5.69 Å². The molecule has 3 unspecified atom stereocenters. The number of aryl methyl sites for hydroxylation is 4. The second-order valence-electron chi connectivity index (χ2n) is 11.4. The molecule has 2 aliphatic heterocycles. The van der Waals surface area contributed by atoms with Gasteiger partial charge in [0.25, 0.3) is 0 Å². The molecule has 0 spiro atoms. The van der Waals surface area contributed by atoms with Crippen molar-refractivity contribution in [2.45, 2.75) is 58.3 Å². The minimum Gasteiger partial charge on any atom is -0.550 e. The van der Waals surface area contributed by atoms with E-state index < -0.39 is 5.97 Å². The summed E-state index contributed by atoms with van der Waals surface area (Å²) in [5, 5.41) is 19.8. The molecule has 3 aromatic rings. The molecule has 37 heavy (non-hydrogen) atoms. The van der Waals surface area contributed by atoms with Gasteiger partial charge in [-0.25, -0.2) is 9.67 Å². The number of carbonyl (C=O) groups excluding carboxylic acids is 1. The number of carbonyl (C=O) groups is 1. The highest BCUT2D eigenvalue weighted by atomic mass is 16.4. The highest BCUT2D eigenvalue weighted by molar-refractivity contribution is 5.65. The average molecular weight is 502 g/mol. The minimum absolute atomic E-state index is 0.0329. The molecule has 2 aromatic heterocycles. The van der Waals surface area contributed by atoms with E-state index in [9.17, 15) is 9.90 Å². The number of fused-ring (bicyclic) bond motifs is 1. The van der Waals surface area contributed by atoms with Crippen molar-refractivity contribution in [3.63, 3.8) is 0 Å². The van der Waals surface area contributed by atoms with Gasteiger partial charge in [-0.05, 0) is 81.3 Å². The molecule has 0 amide bonds. The Kier molecular flexibility index (Phi) is 7.33. The number of likely N-dealkylation sites (tertiary alicyclic amines) is 1. The highest BCUT2D eigenvalue weighted by Crippen LogP contribution is 2.32. The maximum absolute atomic E-state index is 11.8. The topological polar surface area (TPSA) is 82.9 Å². The Balaban J connectivity index is 1.25. The summed E-state index contributed by atoms with van der Waals surface area (Å²) < 4.78 is 2.83. The van der Waals surface area contributed by atoms with Gasteiger partial charge in [0.1, 0.15) is 5.82 Å². The lowest BCUT2D eigenvalue weighted by Gasteiger charge is -2.34. The summed E-state index contributed by atoms with van der Waals surface area (Å²) in [5.74, 6) is 0.610. The van der Waals surface area contributed by atoms with Crippen LogP contribution in [0, 0.1) is 19.8 Å². The van der Waals surface area contributed by atoms with Crippen LogP contribution in [0.2, 0.25) is 0 Å². The van der Waals surface area contributed by atoms with Crippen LogP contribution in [-0.4, -0.2) is 58.4 Å². The van der Waals surface area contributed by atoms with Crippen LogP contribution in [0.3, 0.4) is 0 Å². The molecule has 4 heterocycles. The SMILES string of the molecule is Cc1cc(C)n(-c2cccc(C(CC(=O)[O-])C[N+]3(C)CCC(CCc4ccc5c(n4)NCCC5)C3)c2)n1. The van der Waals surface area contributed by atoms with Crippen molar-refractivity contribution in [3.8, 4) is 5.69 Å². The molecule has 1 aromatic carbocycles. The van der Waals surface area contributed by atoms with E-state index in [2.05, 4.69) is 47.8 Å². The van der Waals surface area contributed by atoms with E-state index in [1.165, 1.54) is 24.1 Å². The lowest BCUT2D eigenvalue weighted by atomic mass is 9.93. The van der Waals surface area contributed by atoms with Crippen molar-refractivity contribution < 1.29 is 14.4 Å². The molecule has 196 valence electrons. The van der Waals surface area contributed by atoms with Gasteiger partial charge >= 0.3 is 0 Å². The summed E-state index contributed by atoms with van der Waals surface area (Å²) in [7, 11) is 2.29. The molecule has 7 heteroatoms. The number of pyridine rings is 1. The number of aromatic nitrogens is 3. The molecule has 5 rings (SSSR count). The molecule has 1 N–H and O–H groups in total. The van der Waals surface area contributed by atoms with Crippen molar-refractivity contribution in [1.29, 1.82) is 0 Å². The summed E-state index contributed by atoms with van der Waals surface area (Å²) >= 11 is 0. The number of hydrogen-bond acceptors (Lipinski definition) is 5. The maximum atomic E-state index is 11.8. The Morgan fingerprint density at radius 3 is 2.89 bits per heavy atom. The number of carboxylic acids is 1. The summed E-state index contributed by atoms with van der Waals surface area (Å²) in [4.78, 5) is 16.6. The molecular weight excluding hydrogens is 462 g/mol. The Hall–Kier alpha value is -3.19. The molecule has 7 nitrogen and oxygen atoms in total. The van der Waals surface area contributed by atoms with Crippen LogP contribution in [-0.2, 0) is 17.6 Å². The zero-order valence-corrected chi connectivity index (χ0v) is 22.4. The first-order valence-electron chi connectivity index (χ1n) is 13.7. The van der Waals surface area contributed by atoms with Crippen LogP contribution in [0.1, 0.15) is 59.8 Å². The van der Waals surface area contributed by atoms with Crippen LogP contribution in [0.15, 0.2) is 42.5 Å². The fourth-order valence-corrected chi connectivity index (χ4v) is 6.38. The fourth-order valence-electron chi connectivity index (χ4n) is 6.38. The predicted molar refractivity (Wildman–Crippen MR) is 144 cm³/mol. The van der Waals surface area contributed by atoms with Crippen molar-refractivity contribution in [1.82, 2.24) is 14.8 Å². The normalized spacial score (nSPS) is 21.9. The Bertz CT molecular complexity index is 1270. The molecule has 1 saturated heterocycles. The zero-order valence-electron chi connectivity index (χ0n) is 22.4. The fraction of sp³-hybridized carbons (Fsp3) is 0.500. The van der Waals surface area contributed by atoms with Gasteiger partial charge in [-0.3, -0.25) is 0 Å². The Morgan fingerprint density at radius 1 is 1.24 bits per heavy atom. The van der Waals surface area contributed by atoms with Gasteiger partial charge in [0.15, 0.2) is 0 Å². The maximum Gasteiger partial charge on any atom is 0.129 e. The molecule has 0 bridgehead atoms. The largest absolute Gasteiger partial charge is 0.550 e. The summed E-state index contributed by atoms with van der Waals surface area (Å²) in [5.41, 5.74) is 6.56. The average Bonchev–Trinajstić information content (AvgIpc) is 3.42. The van der Waals surface area contributed by atoms with Crippen LogP contribution in [0.5, 0.6) is 0 Å². The number of nitrogens with one attached hydrogen (secondary N) is 1. The van der Waals surface area contributed by atoms with E-state index in [0.29, 0.717) is 5.92 Å². The number of nitrogens with zero attached hydrogens (tertiary/aromatic N) is 4. The third-order valence-electron chi connectivity index (χ3n) is 8.21. The molecule has 0 saturated carbocycles. The molecular formula is C30H39N5O2. The van der Waals surface area contributed by atoms with Crippen LogP contribution >= 0.6 is 0 Å². The van der Waals surface area contributed by atoms with Crippen LogP contribution in [0.4, 0.5) is 5.82 Å². The van der Waals surface area contributed by atoms with Crippen molar-refractivity contribution in [3.05, 3.63) is 70.7 Å². The van der Waals surface area contributed by atoms with Gasteiger partial charge in [-0.15, -0.1) is 0 Å². The number of aliphatic carboxylic acids is 1. The summed E-state index contributed by atoms with van der Waals surface area (Å²) in [6, 6.07) is 14.7. The Labute approximate surface area is 220 Å². The predicted octanol–water partition coefficient (Wildman–Crippen LogP) is 3.57.